The molecule has 0 aliphatic carbocycles. The summed E-state index contributed by atoms with van der Waals surface area (Å²) in [5.41, 5.74) is -0.834. The average molecular weight is 1200 g/mol. The maximum absolute atomic E-state index is 13.0. The van der Waals surface area contributed by atoms with Gasteiger partial charge < -0.3 is 60.9 Å². The van der Waals surface area contributed by atoms with Crippen molar-refractivity contribution in [3.63, 3.8) is 0 Å². The van der Waals surface area contributed by atoms with Gasteiger partial charge in [0.1, 0.15) is 6.23 Å². The lowest BCUT2D eigenvalue weighted by atomic mass is 9.85. The van der Waals surface area contributed by atoms with Crippen molar-refractivity contribution in [3.05, 3.63) is 38.7 Å². The third-order valence-electron chi connectivity index (χ3n) is 14.3. The van der Waals surface area contributed by atoms with Crippen LogP contribution in [0.5, 0.6) is 0 Å². The van der Waals surface area contributed by atoms with Crippen molar-refractivity contribution >= 4 is 47.4 Å². The van der Waals surface area contributed by atoms with Gasteiger partial charge >= 0.3 is 5.69 Å². The van der Waals surface area contributed by atoms with E-state index in [-0.39, 0.29) is 104 Å². The summed E-state index contributed by atoms with van der Waals surface area (Å²) in [6.45, 7) is 13.2. The summed E-state index contributed by atoms with van der Waals surface area (Å²) in [6, 6.07) is -0.483. The quantitative estimate of drug-likeness (QED) is 0.0283. The molecule has 0 radical (unpaired) electrons. The third-order valence-corrected chi connectivity index (χ3v) is 14.3. The molecule has 7 amide bonds. The normalized spacial score (nSPS) is 15.0. The van der Waals surface area contributed by atoms with E-state index < -0.39 is 23.5 Å². The molecule has 0 saturated carbocycles. The van der Waals surface area contributed by atoms with E-state index in [0.29, 0.717) is 97.4 Å². The largest absolute Gasteiger partial charge is 0.385 e. The number of hydrogen-bond acceptors (Lipinski definition) is 14. The van der Waals surface area contributed by atoms with E-state index in [1.165, 1.54) is 22.9 Å². The van der Waals surface area contributed by atoms with Gasteiger partial charge in [-0.25, -0.2) is 4.79 Å². The van der Waals surface area contributed by atoms with Crippen LogP contribution in [-0.2, 0) is 57.2 Å². The van der Waals surface area contributed by atoms with Crippen molar-refractivity contribution in [3.8, 4) is 0 Å². The zero-order chi connectivity index (χ0) is 62.3. The van der Waals surface area contributed by atoms with Gasteiger partial charge in [-0.15, -0.1) is 0 Å². The molecule has 23 heteroatoms. The summed E-state index contributed by atoms with van der Waals surface area (Å²) >= 11 is 0. The van der Waals surface area contributed by atoms with Gasteiger partial charge in [0.2, 0.25) is 41.4 Å². The van der Waals surface area contributed by atoms with Crippen LogP contribution in [0.15, 0.2) is 21.9 Å². The number of unbranched alkanes of at least 4 members (excludes halogenated alkanes) is 12. The zero-order valence-electron chi connectivity index (χ0n) is 52.6. The molecule has 8 N–H and O–H groups in total. The number of nitrogens with one attached hydrogen (secondary N) is 8. The SMILES string of the molecule is COCCCCC(=O)NCCCNC(=O)CCOCC(COCCC(=O)NCCCNC(=O)CCCCOC)NC(=O)CCCCCCCCCCC(=O)NCCCCCCNC(=O)/C=C/c1cn([C@H]2C[C@H](C)[C@@H](CC(C)(C)C)O2)c(=O)[nH]c1=O. The molecule has 23 nitrogen and oxygen atoms in total. The second-order valence-corrected chi connectivity index (χ2v) is 23.5. The number of aromatic nitrogens is 2. The number of methoxy groups -OCH3 is 2. The Kier molecular flexibility index (Phi) is 42.4. The Labute approximate surface area is 505 Å². The van der Waals surface area contributed by atoms with Crippen LogP contribution >= 0.6 is 0 Å². The minimum absolute atomic E-state index is 0.00431. The minimum atomic E-state index is -0.566. The number of ether oxygens (including phenoxy) is 5. The number of rotatable bonds is 51. The van der Waals surface area contributed by atoms with Crippen LogP contribution < -0.4 is 48.5 Å². The van der Waals surface area contributed by atoms with Crippen molar-refractivity contribution in [1.82, 2.24) is 46.8 Å². The molecule has 1 aliphatic rings. The third kappa shape index (κ3) is 40.5. The Morgan fingerprint density at radius 1 is 0.565 bits per heavy atom. The second-order valence-electron chi connectivity index (χ2n) is 23.5. The van der Waals surface area contributed by atoms with Gasteiger partial charge in [0.15, 0.2) is 0 Å². The van der Waals surface area contributed by atoms with E-state index in [1.54, 1.807) is 14.2 Å². The number of carbonyl (C=O) groups is 7. The smallest absolute Gasteiger partial charge is 0.330 e. The zero-order valence-corrected chi connectivity index (χ0v) is 52.6. The monoisotopic (exact) mass is 1200 g/mol. The standard InChI is InChI=1S/C62H109N9O14/c1-48-43-59(85-51(48)44-62(2,3)4)71-45-49(60(79)70-61(71)80)29-30-55(75)64-34-20-14-13-19-33-63-52(72)25-15-11-9-7-8-10-12-16-28-58(78)69-50(46-83-41-31-56(76)67-37-23-35-65-53(73)26-17-21-39-81-5)47-84-42-32-57(77)68-38-24-36-66-54(74)27-18-22-40-82-6/h29-30,45,48,50-51,59H,7-28,31-44,46-47H2,1-6H3,(H,63,72)(H,64,75)(H,65,73)(H,66,74)(H,67,76)(H,68,77)(H,69,78)(H,70,79,80)/b30-29+/t48-,51+,59+/m0/s1. The van der Waals surface area contributed by atoms with E-state index in [9.17, 15) is 43.2 Å². The van der Waals surface area contributed by atoms with Gasteiger partial charge in [-0.05, 0) is 94.5 Å². The van der Waals surface area contributed by atoms with E-state index in [4.69, 9.17) is 23.7 Å². The lowest BCUT2D eigenvalue weighted by molar-refractivity contribution is -0.125. The molecule has 2 heterocycles. The Morgan fingerprint density at radius 2 is 0.976 bits per heavy atom. The summed E-state index contributed by atoms with van der Waals surface area (Å²) in [4.78, 5) is 114. The number of hydrogen-bond donors (Lipinski definition) is 8. The molecule has 486 valence electrons. The molecule has 1 aromatic rings. The van der Waals surface area contributed by atoms with Crippen LogP contribution in [0, 0.1) is 11.3 Å². The maximum atomic E-state index is 13.0. The molecule has 0 unspecified atom stereocenters. The van der Waals surface area contributed by atoms with Crippen LogP contribution in [0.4, 0.5) is 0 Å². The summed E-state index contributed by atoms with van der Waals surface area (Å²) in [5.74, 6) is -0.552. The van der Waals surface area contributed by atoms with Crippen molar-refractivity contribution < 1.29 is 57.2 Å². The number of nitrogens with zero attached hydrogens (tertiary/aromatic N) is 1. The predicted octanol–water partition coefficient (Wildman–Crippen LogP) is 5.78. The Morgan fingerprint density at radius 3 is 1.45 bits per heavy atom. The minimum Gasteiger partial charge on any atom is -0.385 e. The Balaban J connectivity index is 1.57. The molecule has 0 aromatic carbocycles. The van der Waals surface area contributed by atoms with Crippen LogP contribution in [-0.4, -0.2) is 156 Å². The lowest BCUT2D eigenvalue weighted by Crippen LogP contribution is -2.42. The number of carbonyl (C=O) groups excluding carboxylic acids is 7. The number of amides is 7. The molecular weight excluding hydrogens is 1090 g/mol. The average Bonchev–Trinajstić information content (AvgIpc) is 4.12. The van der Waals surface area contributed by atoms with Gasteiger partial charge in [-0.2, -0.15) is 0 Å². The lowest BCUT2D eigenvalue weighted by Gasteiger charge is -2.25. The molecular formula is C62H109N9O14. The highest BCUT2D eigenvalue weighted by Crippen LogP contribution is 2.38. The van der Waals surface area contributed by atoms with Crippen LogP contribution in [0.1, 0.15) is 206 Å². The molecule has 1 saturated heterocycles. The summed E-state index contributed by atoms with van der Waals surface area (Å²) < 4.78 is 29.2. The van der Waals surface area contributed by atoms with Crippen LogP contribution in [0.25, 0.3) is 6.08 Å². The summed E-state index contributed by atoms with van der Waals surface area (Å²) in [6.07, 6.45) is 22.6. The molecule has 1 aromatic heterocycles. The fraction of sp³-hybridized carbons (Fsp3) is 0.790. The van der Waals surface area contributed by atoms with E-state index >= 15 is 0 Å². The van der Waals surface area contributed by atoms with Crippen molar-refractivity contribution in [2.75, 3.05) is 93.1 Å². The number of H-pyrrole nitrogens is 1. The van der Waals surface area contributed by atoms with Gasteiger partial charge in [-0.3, -0.25) is 47.9 Å². The fourth-order valence-corrected chi connectivity index (χ4v) is 9.43. The first-order valence-electron chi connectivity index (χ1n) is 31.6. The Hall–Kier alpha value is -5.49. The van der Waals surface area contributed by atoms with Gasteiger partial charge in [0.05, 0.1) is 44.1 Å². The van der Waals surface area contributed by atoms with E-state index in [1.807, 2.05) is 0 Å². The summed E-state index contributed by atoms with van der Waals surface area (Å²) in [7, 11) is 3.26. The van der Waals surface area contributed by atoms with E-state index in [2.05, 4.69) is 69.9 Å². The topological polar surface area (TPSA) is 305 Å². The highest BCUT2D eigenvalue weighted by molar-refractivity contribution is 5.91. The molecule has 1 fully saturated rings. The van der Waals surface area contributed by atoms with Crippen LogP contribution in [0.2, 0.25) is 0 Å². The molecule has 2 rings (SSSR count). The highest BCUT2D eigenvalue weighted by Gasteiger charge is 2.36. The molecule has 85 heavy (non-hydrogen) atoms. The van der Waals surface area contributed by atoms with Crippen molar-refractivity contribution in [2.45, 2.75) is 213 Å². The fourth-order valence-electron chi connectivity index (χ4n) is 9.43. The van der Waals surface area contributed by atoms with Gasteiger partial charge in [-0.1, -0.05) is 79.1 Å². The van der Waals surface area contributed by atoms with Crippen molar-refractivity contribution in [1.29, 1.82) is 0 Å². The predicted molar refractivity (Wildman–Crippen MR) is 328 cm³/mol. The molecule has 0 bridgehead atoms. The number of aromatic amines is 1. The first-order valence-corrected chi connectivity index (χ1v) is 31.6. The van der Waals surface area contributed by atoms with Gasteiger partial charge in [0, 0.05) is 117 Å². The Bertz CT molecular complexity index is 2140. The van der Waals surface area contributed by atoms with Crippen molar-refractivity contribution in [2.24, 2.45) is 11.3 Å². The second kappa shape index (κ2) is 47.6. The first-order chi connectivity index (χ1) is 40.9. The molecule has 0 spiro atoms. The molecule has 1 aliphatic heterocycles. The molecule has 3 atom stereocenters. The van der Waals surface area contributed by atoms with E-state index in [0.717, 1.165) is 109 Å². The first kappa shape index (κ1) is 75.6. The summed E-state index contributed by atoms with van der Waals surface area (Å²) in [5, 5.41) is 20.2. The van der Waals surface area contributed by atoms with Crippen LogP contribution in [0.3, 0.4) is 0 Å². The maximum Gasteiger partial charge on any atom is 0.330 e. The van der Waals surface area contributed by atoms with Gasteiger partial charge in [0.25, 0.3) is 5.56 Å². The highest BCUT2D eigenvalue weighted by atomic mass is 16.5.